The van der Waals surface area contributed by atoms with Crippen LogP contribution in [0.4, 0.5) is 0 Å². The van der Waals surface area contributed by atoms with Crippen molar-refractivity contribution < 1.29 is 9.64 Å². The second kappa shape index (κ2) is 7.70. The van der Waals surface area contributed by atoms with Gasteiger partial charge < -0.3 is 9.64 Å². The molecule has 0 amide bonds. The van der Waals surface area contributed by atoms with Gasteiger partial charge in [0.15, 0.2) is 0 Å². The van der Waals surface area contributed by atoms with E-state index in [9.17, 15) is 4.79 Å². The van der Waals surface area contributed by atoms with E-state index in [1.54, 1.807) is 21.8 Å². The van der Waals surface area contributed by atoms with Crippen LogP contribution in [0.5, 0.6) is 0 Å². The van der Waals surface area contributed by atoms with E-state index >= 15 is 0 Å². The van der Waals surface area contributed by atoms with Crippen LogP contribution in [0.3, 0.4) is 0 Å². The first-order chi connectivity index (χ1) is 12.7. The number of ether oxygens (including phenoxy) is 1. The number of hydrogen-bond donors (Lipinski definition) is 1. The van der Waals surface area contributed by atoms with Crippen LogP contribution in [0.15, 0.2) is 46.7 Å². The first-order valence-corrected chi connectivity index (χ1v) is 10.0. The van der Waals surface area contributed by atoms with Gasteiger partial charge in [-0.2, -0.15) is 0 Å². The molecule has 5 nitrogen and oxygen atoms in total. The summed E-state index contributed by atoms with van der Waals surface area (Å²) in [5.41, 5.74) is 2.60. The molecule has 1 fully saturated rings. The van der Waals surface area contributed by atoms with Gasteiger partial charge in [-0.05, 0) is 42.8 Å². The minimum atomic E-state index is -0.0127. The molecule has 0 aliphatic carbocycles. The monoisotopic (exact) mass is 370 g/mol. The Hall–Kier alpha value is -2.02. The maximum atomic E-state index is 12.5. The fraction of sp³-hybridized carbons (Fsp3) is 0.400. The Morgan fingerprint density at radius 2 is 2.27 bits per heavy atom. The van der Waals surface area contributed by atoms with Crippen molar-refractivity contribution in [2.75, 3.05) is 13.2 Å². The number of nitrogens with one attached hydrogen (secondary N) is 1. The molecule has 4 rings (SSSR count). The molecule has 3 aromatic rings. The van der Waals surface area contributed by atoms with Gasteiger partial charge in [0.25, 0.3) is 5.56 Å². The number of fused-ring (bicyclic) bond motifs is 1. The molecule has 4 heterocycles. The molecule has 0 spiro atoms. The lowest BCUT2D eigenvalue weighted by atomic mass is 10.2. The highest BCUT2D eigenvalue weighted by molar-refractivity contribution is 7.09. The summed E-state index contributed by atoms with van der Waals surface area (Å²) < 4.78 is 7.47. The third-order valence-electron chi connectivity index (χ3n) is 4.84. The Morgan fingerprint density at radius 1 is 1.35 bits per heavy atom. The van der Waals surface area contributed by atoms with Gasteiger partial charge in [-0.25, -0.2) is 4.98 Å². The molecule has 1 N–H and O–H groups in total. The molecule has 3 aromatic heterocycles. The zero-order chi connectivity index (χ0) is 17.9. The molecule has 1 saturated heterocycles. The molecule has 1 aliphatic heterocycles. The van der Waals surface area contributed by atoms with Crippen LogP contribution in [-0.2, 0) is 17.8 Å². The van der Waals surface area contributed by atoms with Crippen molar-refractivity contribution in [2.45, 2.75) is 39.0 Å². The molecule has 0 aromatic carbocycles. The van der Waals surface area contributed by atoms with E-state index in [-0.39, 0.29) is 5.56 Å². The Labute approximate surface area is 156 Å². The van der Waals surface area contributed by atoms with E-state index in [1.165, 1.54) is 9.78 Å². The van der Waals surface area contributed by atoms with E-state index in [4.69, 9.17) is 9.72 Å². The van der Waals surface area contributed by atoms with Gasteiger partial charge in [-0.15, -0.1) is 11.3 Å². The molecule has 0 saturated carbocycles. The highest BCUT2D eigenvalue weighted by Gasteiger charge is 2.23. The average molecular weight is 370 g/mol. The lowest BCUT2D eigenvalue weighted by molar-refractivity contribution is -0.930. The summed E-state index contributed by atoms with van der Waals surface area (Å²) >= 11 is 1.78. The zero-order valence-corrected chi connectivity index (χ0v) is 15.8. The smallest absolute Gasteiger partial charge is 0.258 e. The lowest BCUT2D eigenvalue weighted by Gasteiger charge is -2.21. The van der Waals surface area contributed by atoms with Crippen molar-refractivity contribution >= 4 is 17.0 Å². The summed E-state index contributed by atoms with van der Waals surface area (Å²) in [5, 5.41) is 2.11. The van der Waals surface area contributed by atoms with E-state index in [2.05, 4.69) is 17.5 Å². The van der Waals surface area contributed by atoms with E-state index < -0.39 is 0 Å². The van der Waals surface area contributed by atoms with Crippen LogP contribution in [-0.4, -0.2) is 28.6 Å². The summed E-state index contributed by atoms with van der Waals surface area (Å²) in [6.07, 6.45) is 4.43. The first-order valence-electron chi connectivity index (χ1n) is 9.14. The number of aryl methyl sites for hydroxylation is 1. The molecular formula is C20H24N3O2S+. The second-order valence-corrected chi connectivity index (χ2v) is 8.07. The number of rotatable bonds is 6. The van der Waals surface area contributed by atoms with Gasteiger partial charge >= 0.3 is 0 Å². The van der Waals surface area contributed by atoms with Crippen LogP contribution < -0.4 is 10.5 Å². The Balaban J connectivity index is 1.58. The quantitative estimate of drug-likeness (QED) is 0.720. The van der Waals surface area contributed by atoms with Gasteiger partial charge in [-0.1, -0.05) is 12.1 Å². The number of quaternary nitrogens is 1. The van der Waals surface area contributed by atoms with Crippen LogP contribution in [0.2, 0.25) is 0 Å². The molecule has 1 aliphatic rings. The predicted octanol–water partition coefficient (Wildman–Crippen LogP) is 1.83. The minimum Gasteiger partial charge on any atom is -0.372 e. The van der Waals surface area contributed by atoms with Gasteiger partial charge in [0.1, 0.15) is 37.1 Å². The third-order valence-corrected chi connectivity index (χ3v) is 5.71. The molecule has 136 valence electrons. The largest absolute Gasteiger partial charge is 0.372 e. The zero-order valence-electron chi connectivity index (χ0n) is 15.0. The fourth-order valence-corrected chi connectivity index (χ4v) is 4.38. The number of hydrogen-bond acceptors (Lipinski definition) is 4. The van der Waals surface area contributed by atoms with Gasteiger partial charge in [0.05, 0.1) is 4.88 Å². The standard InChI is InChI=1S/C20H23N3O2S/c1-15-6-7-19-21-16(10-20(24)23(19)11-15)12-22(13-17-4-2-8-25-17)14-18-5-3-9-26-18/h3,5-7,9-11,17H,2,4,8,12-14H2,1H3/p+1/t17-/m1/s1. The minimum absolute atomic E-state index is 0.0127. The van der Waals surface area contributed by atoms with Gasteiger partial charge in [-0.3, -0.25) is 9.20 Å². The molecule has 0 bridgehead atoms. The normalized spacial score (nSPS) is 18.4. The Bertz CT molecular complexity index is 930. The van der Waals surface area contributed by atoms with Crippen LogP contribution >= 0.6 is 11.3 Å². The van der Waals surface area contributed by atoms with Crippen LogP contribution in [0, 0.1) is 6.92 Å². The summed E-state index contributed by atoms with van der Waals surface area (Å²) in [5.74, 6) is 0. The van der Waals surface area contributed by atoms with Crippen molar-refractivity contribution in [3.05, 3.63) is 68.4 Å². The second-order valence-electron chi connectivity index (χ2n) is 7.04. The highest BCUT2D eigenvalue weighted by Crippen LogP contribution is 2.11. The molecule has 0 radical (unpaired) electrons. The number of pyridine rings is 1. The first kappa shape index (κ1) is 17.4. The fourth-order valence-electron chi connectivity index (χ4n) is 3.60. The Kier molecular flexibility index (Phi) is 5.15. The molecule has 2 atom stereocenters. The van der Waals surface area contributed by atoms with Crippen molar-refractivity contribution in [1.29, 1.82) is 0 Å². The van der Waals surface area contributed by atoms with Gasteiger partial charge in [0.2, 0.25) is 0 Å². The van der Waals surface area contributed by atoms with Crippen molar-refractivity contribution in [2.24, 2.45) is 0 Å². The van der Waals surface area contributed by atoms with E-state index in [1.807, 2.05) is 25.3 Å². The van der Waals surface area contributed by atoms with E-state index in [0.717, 1.165) is 50.3 Å². The maximum absolute atomic E-state index is 12.5. The molecular weight excluding hydrogens is 346 g/mol. The average Bonchev–Trinajstić information content (AvgIpc) is 3.30. The summed E-state index contributed by atoms with van der Waals surface area (Å²) in [7, 11) is 0. The van der Waals surface area contributed by atoms with Crippen LogP contribution in [0.25, 0.3) is 5.65 Å². The number of aromatic nitrogens is 2. The third kappa shape index (κ3) is 4.03. The Morgan fingerprint density at radius 3 is 3.04 bits per heavy atom. The predicted molar refractivity (Wildman–Crippen MR) is 103 cm³/mol. The lowest BCUT2D eigenvalue weighted by Crippen LogP contribution is -3.10. The van der Waals surface area contributed by atoms with Crippen molar-refractivity contribution in [3.8, 4) is 0 Å². The maximum Gasteiger partial charge on any atom is 0.258 e. The van der Waals surface area contributed by atoms with Crippen molar-refractivity contribution in [3.63, 3.8) is 0 Å². The summed E-state index contributed by atoms with van der Waals surface area (Å²) in [6, 6.07) is 9.85. The number of nitrogens with zero attached hydrogens (tertiary/aromatic N) is 2. The SMILES string of the molecule is Cc1ccc2nc(C[NH+](Cc3cccs3)C[C@H]3CCCO3)cc(=O)n2c1. The number of thiophene rings is 1. The molecule has 26 heavy (non-hydrogen) atoms. The highest BCUT2D eigenvalue weighted by atomic mass is 32.1. The van der Waals surface area contributed by atoms with E-state index in [0.29, 0.717) is 11.8 Å². The summed E-state index contributed by atoms with van der Waals surface area (Å²) in [6.45, 7) is 5.47. The molecule has 1 unspecified atom stereocenters. The van der Waals surface area contributed by atoms with Crippen LogP contribution in [0.1, 0.15) is 29.0 Å². The summed E-state index contributed by atoms with van der Waals surface area (Å²) in [4.78, 5) is 20.0. The topological polar surface area (TPSA) is 48.0 Å². The van der Waals surface area contributed by atoms with Gasteiger partial charge in [0, 0.05) is 18.9 Å². The van der Waals surface area contributed by atoms with Crippen molar-refractivity contribution in [1.82, 2.24) is 9.38 Å². The molecule has 6 heteroatoms.